The summed E-state index contributed by atoms with van der Waals surface area (Å²) in [5.41, 5.74) is 1.33. The summed E-state index contributed by atoms with van der Waals surface area (Å²) in [7, 11) is 0. The van der Waals surface area contributed by atoms with Crippen molar-refractivity contribution in [3.63, 3.8) is 0 Å². The van der Waals surface area contributed by atoms with E-state index in [9.17, 15) is 9.90 Å². The SMILES string of the molecule is CCn1c(SC[C@H](O)CN2CCOCC2)nc2sc3c(c2c1=O)CC[C@@H](C)C3. The van der Waals surface area contributed by atoms with Crippen molar-refractivity contribution in [1.82, 2.24) is 14.5 Å². The normalized spacial score (nSPS) is 21.8. The zero-order chi connectivity index (χ0) is 19.7. The van der Waals surface area contributed by atoms with Crippen LogP contribution in [0, 0.1) is 5.92 Å². The van der Waals surface area contributed by atoms with Gasteiger partial charge in [-0.05, 0) is 37.7 Å². The maximum Gasteiger partial charge on any atom is 0.263 e. The highest BCUT2D eigenvalue weighted by Crippen LogP contribution is 2.36. The molecule has 3 heterocycles. The number of thiophene rings is 1. The van der Waals surface area contributed by atoms with Gasteiger partial charge in [-0.25, -0.2) is 4.98 Å². The Bertz CT molecular complexity index is 889. The molecule has 2 atom stereocenters. The molecule has 1 fully saturated rings. The summed E-state index contributed by atoms with van der Waals surface area (Å²) in [6.45, 7) is 8.71. The van der Waals surface area contributed by atoms with Gasteiger partial charge in [0.2, 0.25) is 0 Å². The van der Waals surface area contributed by atoms with Crippen LogP contribution in [-0.2, 0) is 24.1 Å². The third-order valence-electron chi connectivity index (χ3n) is 5.67. The minimum absolute atomic E-state index is 0.0877. The van der Waals surface area contributed by atoms with Gasteiger partial charge in [0.05, 0.1) is 24.7 Å². The number of fused-ring (bicyclic) bond motifs is 3. The summed E-state index contributed by atoms with van der Waals surface area (Å²) in [6.07, 6.45) is 2.75. The fourth-order valence-corrected chi connectivity index (χ4v) is 6.50. The monoisotopic (exact) mass is 423 g/mol. The molecule has 0 aromatic carbocycles. The van der Waals surface area contributed by atoms with E-state index in [1.54, 1.807) is 15.9 Å². The van der Waals surface area contributed by atoms with E-state index in [4.69, 9.17) is 9.72 Å². The van der Waals surface area contributed by atoms with E-state index >= 15 is 0 Å². The van der Waals surface area contributed by atoms with E-state index in [2.05, 4.69) is 11.8 Å². The second-order valence-electron chi connectivity index (χ2n) is 7.85. The minimum atomic E-state index is -0.446. The molecule has 1 N–H and O–H groups in total. The lowest BCUT2D eigenvalue weighted by molar-refractivity contribution is 0.0188. The molecular formula is C20H29N3O3S2. The van der Waals surface area contributed by atoms with Crippen LogP contribution in [0.5, 0.6) is 0 Å². The van der Waals surface area contributed by atoms with Crippen molar-refractivity contribution >= 4 is 33.3 Å². The number of morpholine rings is 1. The van der Waals surface area contributed by atoms with Gasteiger partial charge in [0, 0.05) is 36.8 Å². The maximum absolute atomic E-state index is 13.2. The fraction of sp³-hybridized carbons (Fsp3) is 0.700. The lowest BCUT2D eigenvalue weighted by Gasteiger charge is -2.28. The molecule has 154 valence electrons. The molecule has 0 saturated carbocycles. The average molecular weight is 424 g/mol. The number of rotatable bonds is 6. The zero-order valence-corrected chi connectivity index (χ0v) is 18.3. The Balaban J connectivity index is 1.54. The van der Waals surface area contributed by atoms with Crippen LogP contribution < -0.4 is 5.56 Å². The first-order chi connectivity index (χ1) is 13.6. The van der Waals surface area contributed by atoms with Crippen molar-refractivity contribution in [2.24, 2.45) is 5.92 Å². The molecule has 28 heavy (non-hydrogen) atoms. The van der Waals surface area contributed by atoms with E-state index < -0.39 is 6.10 Å². The number of thioether (sulfide) groups is 1. The molecule has 0 radical (unpaired) electrons. The first-order valence-electron chi connectivity index (χ1n) is 10.2. The van der Waals surface area contributed by atoms with E-state index in [1.807, 2.05) is 6.92 Å². The summed E-state index contributed by atoms with van der Waals surface area (Å²) in [6, 6.07) is 0. The van der Waals surface area contributed by atoms with Gasteiger partial charge in [-0.1, -0.05) is 18.7 Å². The van der Waals surface area contributed by atoms with Crippen molar-refractivity contribution in [3.05, 3.63) is 20.8 Å². The van der Waals surface area contributed by atoms with Gasteiger partial charge in [0.15, 0.2) is 5.16 Å². The van der Waals surface area contributed by atoms with Gasteiger partial charge >= 0.3 is 0 Å². The van der Waals surface area contributed by atoms with Gasteiger partial charge in [-0.2, -0.15) is 0 Å². The number of aliphatic hydroxyl groups is 1. The van der Waals surface area contributed by atoms with Crippen molar-refractivity contribution in [2.75, 3.05) is 38.6 Å². The topological polar surface area (TPSA) is 67.6 Å². The van der Waals surface area contributed by atoms with E-state index in [1.165, 1.54) is 22.2 Å². The number of hydrogen-bond acceptors (Lipinski definition) is 7. The molecule has 6 nitrogen and oxygen atoms in total. The molecule has 1 saturated heterocycles. The highest BCUT2D eigenvalue weighted by molar-refractivity contribution is 7.99. The quantitative estimate of drug-likeness (QED) is 0.568. The van der Waals surface area contributed by atoms with Gasteiger partial charge < -0.3 is 9.84 Å². The van der Waals surface area contributed by atoms with E-state index in [0.717, 1.165) is 60.9 Å². The Hall–Kier alpha value is -0.930. The van der Waals surface area contributed by atoms with Crippen LogP contribution in [0.15, 0.2) is 9.95 Å². The first-order valence-corrected chi connectivity index (χ1v) is 12.0. The lowest BCUT2D eigenvalue weighted by Crippen LogP contribution is -2.41. The molecule has 0 bridgehead atoms. The van der Waals surface area contributed by atoms with Crippen LogP contribution in [0.25, 0.3) is 10.2 Å². The zero-order valence-electron chi connectivity index (χ0n) is 16.6. The molecule has 8 heteroatoms. The van der Waals surface area contributed by atoms with Crippen LogP contribution >= 0.6 is 23.1 Å². The molecule has 4 rings (SSSR count). The maximum atomic E-state index is 13.2. The predicted molar refractivity (Wildman–Crippen MR) is 115 cm³/mol. The molecule has 0 amide bonds. The standard InChI is InChI=1S/C20H29N3O3S2/c1-3-23-19(25)17-15-5-4-13(2)10-16(15)28-18(17)21-20(23)27-12-14(24)11-22-6-8-26-9-7-22/h13-14,24H,3-12H2,1-2H3/t13-,14-/m1/s1. The second kappa shape index (κ2) is 8.83. The number of hydrogen-bond donors (Lipinski definition) is 1. The molecule has 1 aliphatic heterocycles. The second-order valence-corrected chi connectivity index (χ2v) is 9.92. The van der Waals surface area contributed by atoms with Gasteiger partial charge in [0.25, 0.3) is 5.56 Å². The third-order valence-corrected chi connectivity index (χ3v) is 7.94. The molecule has 2 aliphatic rings. The number of aliphatic hydroxyl groups excluding tert-OH is 1. The predicted octanol–water partition coefficient (Wildman–Crippen LogP) is 2.39. The molecule has 1 aliphatic carbocycles. The van der Waals surface area contributed by atoms with Gasteiger partial charge in [-0.15, -0.1) is 11.3 Å². The molecule has 2 aromatic heterocycles. The Morgan fingerprint density at radius 1 is 1.39 bits per heavy atom. The van der Waals surface area contributed by atoms with Gasteiger partial charge in [0.1, 0.15) is 4.83 Å². The highest BCUT2D eigenvalue weighted by atomic mass is 32.2. The van der Waals surface area contributed by atoms with E-state index in [-0.39, 0.29) is 5.56 Å². The van der Waals surface area contributed by atoms with Crippen molar-refractivity contribution in [2.45, 2.75) is 50.9 Å². The fourth-order valence-electron chi connectivity index (χ4n) is 4.10. The number of nitrogens with zero attached hydrogens (tertiary/aromatic N) is 3. The molecule has 0 unspecified atom stereocenters. The van der Waals surface area contributed by atoms with Crippen LogP contribution in [-0.4, -0.2) is 64.3 Å². The number of β-amino-alcohol motifs (C(OH)–C–C–N with tert-alkyl or cyclic N) is 1. The highest BCUT2D eigenvalue weighted by Gasteiger charge is 2.25. The molecule has 2 aromatic rings. The Morgan fingerprint density at radius 2 is 2.18 bits per heavy atom. The van der Waals surface area contributed by atoms with Crippen LogP contribution in [0.3, 0.4) is 0 Å². The smallest absolute Gasteiger partial charge is 0.263 e. The largest absolute Gasteiger partial charge is 0.391 e. The summed E-state index contributed by atoms with van der Waals surface area (Å²) in [4.78, 5) is 22.5. The van der Waals surface area contributed by atoms with Crippen LogP contribution in [0.4, 0.5) is 0 Å². The molecular weight excluding hydrogens is 394 g/mol. The lowest BCUT2D eigenvalue weighted by atomic mass is 9.89. The van der Waals surface area contributed by atoms with E-state index in [0.29, 0.717) is 24.8 Å². The Morgan fingerprint density at radius 3 is 2.93 bits per heavy atom. The van der Waals surface area contributed by atoms with Crippen molar-refractivity contribution < 1.29 is 9.84 Å². The number of aromatic nitrogens is 2. The summed E-state index contributed by atoms with van der Waals surface area (Å²) in [5, 5.41) is 12.0. The summed E-state index contributed by atoms with van der Waals surface area (Å²) < 4.78 is 7.14. The Kier molecular flexibility index (Phi) is 6.42. The summed E-state index contributed by atoms with van der Waals surface area (Å²) in [5.74, 6) is 1.22. The van der Waals surface area contributed by atoms with Crippen LogP contribution in [0.2, 0.25) is 0 Å². The average Bonchev–Trinajstić information content (AvgIpc) is 3.04. The molecule has 0 spiro atoms. The van der Waals surface area contributed by atoms with Gasteiger partial charge in [-0.3, -0.25) is 14.3 Å². The summed E-state index contributed by atoms with van der Waals surface area (Å²) >= 11 is 3.19. The van der Waals surface area contributed by atoms with Crippen LogP contribution in [0.1, 0.15) is 30.7 Å². The number of ether oxygens (including phenoxy) is 1. The van der Waals surface area contributed by atoms with Crippen molar-refractivity contribution in [1.29, 1.82) is 0 Å². The first kappa shape index (κ1) is 20.3. The third kappa shape index (κ3) is 4.16. The minimum Gasteiger partial charge on any atom is -0.391 e. The van der Waals surface area contributed by atoms with Crippen molar-refractivity contribution in [3.8, 4) is 0 Å². The Labute approximate surface area is 173 Å². The number of aryl methyl sites for hydroxylation is 1.